The molecule has 5 nitrogen and oxygen atoms in total. The fraction of sp³-hybridized carbons (Fsp3) is 0.200. The van der Waals surface area contributed by atoms with Crippen molar-refractivity contribution in [2.45, 2.75) is 13.8 Å². The van der Waals surface area contributed by atoms with Crippen molar-refractivity contribution in [3.63, 3.8) is 0 Å². The first-order valence-corrected chi connectivity index (χ1v) is 6.59. The normalized spacial score (nSPS) is 10.3. The lowest BCUT2D eigenvalue weighted by Crippen LogP contribution is -2.06. The van der Waals surface area contributed by atoms with Crippen LogP contribution in [0.25, 0.3) is 0 Å². The predicted molar refractivity (Wildman–Crippen MR) is 81.0 cm³/mol. The van der Waals surface area contributed by atoms with Crippen LogP contribution >= 0.6 is 11.6 Å². The molecule has 1 heterocycles. The van der Waals surface area contributed by atoms with E-state index in [1.54, 1.807) is 18.2 Å². The smallest absolute Gasteiger partial charge is 0.356 e. The van der Waals surface area contributed by atoms with E-state index >= 15 is 0 Å². The molecular formula is C15H15ClN2O3. The standard InChI is InChI=1S/C15H15ClN2O3/c1-8-6-10(7-9(2)13(8)16)21-14-11(17)4-5-12(18-14)15(19)20-3/h4-7H,17H2,1-3H3. The predicted octanol–water partition coefficient (Wildman–Crippen LogP) is 3.51. The molecule has 0 amide bonds. The summed E-state index contributed by atoms with van der Waals surface area (Å²) in [5.74, 6) is 0.151. The molecule has 0 aliphatic heterocycles. The molecule has 110 valence electrons. The first-order chi connectivity index (χ1) is 9.92. The van der Waals surface area contributed by atoms with E-state index in [0.29, 0.717) is 16.5 Å². The van der Waals surface area contributed by atoms with Gasteiger partial charge in [-0.3, -0.25) is 0 Å². The van der Waals surface area contributed by atoms with Crippen LogP contribution in [0.3, 0.4) is 0 Å². The average molecular weight is 307 g/mol. The topological polar surface area (TPSA) is 74.4 Å². The summed E-state index contributed by atoms with van der Waals surface area (Å²) in [4.78, 5) is 15.5. The number of aryl methyl sites for hydroxylation is 2. The average Bonchev–Trinajstić information content (AvgIpc) is 2.46. The number of nitrogen functional groups attached to an aromatic ring is 1. The Kier molecular flexibility index (Phi) is 4.33. The largest absolute Gasteiger partial charge is 0.464 e. The molecule has 0 aliphatic rings. The third-order valence-corrected chi connectivity index (χ3v) is 3.50. The summed E-state index contributed by atoms with van der Waals surface area (Å²) in [5, 5.41) is 0.687. The summed E-state index contributed by atoms with van der Waals surface area (Å²) in [7, 11) is 1.28. The lowest BCUT2D eigenvalue weighted by Gasteiger charge is -2.11. The third kappa shape index (κ3) is 3.25. The maximum atomic E-state index is 11.5. The number of methoxy groups -OCH3 is 1. The minimum Gasteiger partial charge on any atom is -0.464 e. The number of nitrogens with zero attached hydrogens (tertiary/aromatic N) is 1. The first kappa shape index (κ1) is 15.1. The number of rotatable bonds is 3. The summed E-state index contributed by atoms with van der Waals surface area (Å²) in [5.41, 5.74) is 8.04. The second kappa shape index (κ2) is 6.01. The van der Waals surface area contributed by atoms with E-state index in [0.717, 1.165) is 11.1 Å². The Morgan fingerprint density at radius 1 is 1.24 bits per heavy atom. The summed E-state index contributed by atoms with van der Waals surface area (Å²) >= 11 is 6.11. The number of nitrogens with two attached hydrogens (primary N) is 1. The summed E-state index contributed by atoms with van der Waals surface area (Å²) in [6.07, 6.45) is 0. The van der Waals surface area contributed by atoms with Crippen molar-refractivity contribution in [2.24, 2.45) is 0 Å². The van der Waals surface area contributed by atoms with Crippen molar-refractivity contribution in [1.29, 1.82) is 0 Å². The fourth-order valence-corrected chi connectivity index (χ4v) is 1.94. The number of esters is 1. The van der Waals surface area contributed by atoms with Gasteiger partial charge in [0.15, 0.2) is 5.69 Å². The summed E-state index contributed by atoms with van der Waals surface area (Å²) in [6.45, 7) is 3.76. The van der Waals surface area contributed by atoms with Gasteiger partial charge in [-0.2, -0.15) is 0 Å². The van der Waals surface area contributed by atoms with Crippen LogP contribution in [0.2, 0.25) is 5.02 Å². The highest BCUT2D eigenvalue weighted by atomic mass is 35.5. The molecule has 21 heavy (non-hydrogen) atoms. The number of pyridine rings is 1. The highest BCUT2D eigenvalue weighted by Gasteiger charge is 2.13. The van der Waals surface area contributed by atoms with Gasteiger partial charge in [0.1, 0.15) is 5.75 Å². The number of benzene rings is 1. The lowest BCUT2D eigenvalue weighted by molar-refractivity contribution is 0.0593. The van der Waals surface area contributed by atoms with Crippen LogP contribution in [-0.2, 0) is 4.74 Å². The maximum absolute atomic E-state index is 11.5. The zero-order valence-corrected chi connectivity index (χ0v) is 12.7. The number of aromatic nitrogens is 1. The van der Waals surface area contributed by atoms with Gasteiger partial charge in [-0.15, -0.1) is 0 Å². The van der Waals surface area contributed by atoms with Crippen LogP contribution in [0.1, 0.15) is 21.6 Å². The first-order valence-electron chi connectivity index (χ1n) is 6.21. The van der Waals surface area contributed by atoms with E-state index in [4.69, 9.17) is 22.1 Å². The number of hydrogen-bond donors (Lipinski definition) is 1. The van der Waals surface area contributed by atoms with Crippen molar-refractivity contribution in [3.05, 3.63) is 46.1 Å². The van der Waals surface area contributed by atoms with Gasteiger partial charge >= 0.3 is 5.97 Å². The Labute approximate surface area is 127 Å². The van der Waals surface area contributed by atoms with Gasteiger partial charge in [0.05, 0.1) is 12.8 Å². The lowest BCUT2D eigenvalue weighted by atomic mass is 10.1. The van der Waals surface area contributed by atoms with Crippen molar-refractivity contribution >= 4 is 23.3 Å². The van der Waals surface area contributed by atoms with E-state index in [2.05, 4.69) is 9.72 Å². The Bertz CT molecular complexity index is 678. The van der Waals surface area contributed by atoms with Gasteiger partial charge in [-0.05, 0) is 49.2 Å². The molecule has 0 fully saturated rings. The molecule has 0 saturated carbocycles. The number of carbonyl (C=O) groups is 1. The molecule has 0 atom stereocenters. The van der Waals surface area contributed by atoms with Gasteiger partial charge in [-0.25, -0.2) is 9.78 Å². The van der Waals surface area contributed by atoms with Gasteiger partial charge in [0, 0.05) is 5.02 Å². The highest BCUT2D eigenvalue weighted by molar-refractivity contribution is 6.32. The minimum absolute atomic E-state index is 0.129. The molecule has 1 aromatic heterocycles. The van der Waals surface area contributed by atoms with Crippen molar-refractivity contribution in [1.82, 2.24) is 4.98 Å². The number of halogens is 1. The fourth-order valence-electron chi connectivity index (χ4n) is 1.83. The molecule has 0 unspecified atom stereocenters. The van der Waals surface area contributed by atoms with E-state index in [-0.39, 0.29) is 11.6 Å². The third-order valence-electron chi connectivity index (χ3n) is 2.91. The molecule has 2 rings (SSSR count). The molecule has 0 aliphatic carbocycles. The van der Waals surface area contributed by atoms with Gasteiger partial charge in [0.2, 0.25) is 5.88 Å². The van der Waals surface area contributed by atoms with Crippen LogP contribution < -0.4 is 10.5 Å². The Morgan fingerprint density at radius 3 is 2.43 bits per heavy atom. The Morgan fingerprint density at radius 2 is 1.86 bits per heavy atom. The number of ether oxygens (including phenoxy) is 2. The molecule has 0 bridgehead atoms. The van der Waals surface area contributed by atoms with Crippen LogP contribution in [0.15, 0.2) is 24.3 Å². The maximum Gasteiger partial charge on any atom is 0.356 e. The minimum atomic E-state index is -0.552. The second-order valence-corrected chi connectivity index (χ2v) is 4.93. The molecule has 6 heteroatoms. The number of anilines is 1. The van der Waals surface area contributed by atoms with Gasteiger partial charge < -0.3 is 15.2 Å². The van der Waals surface area contributed by atoms with E-state index in [1.165, 1.54) is 13.2 Å². The monoisotopic (exact) mass is 306 g/mol. The van der Waals surface area contributed by atoms with E-state index in [1.807, 2.05) is 13.8 Å². The summed E-state index contributed by atoms with van der Waals surface area (Å²) < 4.78 is 10.3. The molecule has 0 saturated heterocycles. The van der Waals surface area contributed by atoms with Crippen molar-refractivity contribution in [2.75, 3.05) is 12.8 Å². The zero-order chi connectivity index (χ0) is 15.6. The van der Waals surface area contributed by atoms with Crippen LogP contribution in [0, 0.1) is 13.8 Å². The van der Waals surface area contributed by atoms with Crippen LogP contribution in [0.4, 0.5) is 5.69 Å². The molecule has 2 aromatic rings. The van der Waals surface area contributed by atoms with Gasteiger partial charge in [0.25, 0.3) is 0 Å². The summed E-state index contributed by atoms with van der Waals surface area (Å²) in [6, 6.07) is 6.58. The van der Waals surface area contributed by atoms with Crippen LogP contribution in [-0.4, -0.2) is 18.1 Å². The van der Waals surface area contributed by atoms with Gasteiger partial charge in [-0.1, -0.05) is 11.6 Å². The molecule has 0 spiro atoms. The molecular weight excluding hydrogens is 292 g/mol. The van der Waals surface area contributed by atoms with E-state index < -0.39 is 5.97 Å². The quantitative estimate of drug-likeness (QED) is 0.878. The molecule has 1 aromatic carbocycles. The number of carbonyl (C=O) groups excluding carboxylic acids is 1. The second-order valence-electron chi connectivity index (χ2n) is 4.56. The molecule has 0 radical (unpaired) electrons. The van der Waals surface area contributed by atoms with Crippen LogP contribution in [0.5, 0.6) is 11.6 Å². The Balaban J connectivity index is 2.37. The van der Waals surface area contributed by atoms with Crippen molar-refractivity contribution < 1.29 is 14.3 Å². The Hall–Kier alpha value is -2.27. The molecule has 2 N–H and O–H groups in total. The zero-order valence-electron chi connectivity index (χ0n) is 11.9. The highest BCUT2D eigenvalue weighted by Crippen LogP contribution is 2.30. The SMILES string of the molecule is COC(=O)c1ccc(N)c(Oc2cc(C)c(Cl)c(C)c2)n1. The van der Waals surface area contributed by atoms with Crippen molar-refractivity contribution in [3.8, 4) is 11.6 Å². The van der Waals surface area contributed by atoms with E-state index in [9.17, 15) is 4.79 Å². The number of hydrogen-bond acceptors (Lipinski definition) is 5.